The van der Waals surface area contributed by atoms with E-state index in [1.54, 1.807) is 7.11 Å². The molecule has 0 atom stereocenters. The van der Waals surface area contributed by atoms with Crippen LogP contribution in [0.1, 0.15) is 37.7 Å². The quantitative estimate of drug-likeness (QED) is 0.577. The van der Waals surface area contributed by atoms with Gasteiger partial charge in [0.25, 0.3) is 0 Å². The normalized spacial score (nSPS) is 15.4. The van der Waals surface area contributed by atoms with Crippen molar-refractivity contribution in [3.63, 3.8) is 0 Å². The van der Waals surface area contributed by atoms with Crippen molar-refractivity contribution in [1.29, 1.82) is 0 Å². The lowest BCUT2D eigenvalue weighted by Crippen LogP contribution is -2.20. The maximum absolute atomic E-state index is 12.7. The molecule has 0 spiro atoms. The number of hydrogen-bond acceptors (Lipinski definition) is 7. The molecule has 2 N–H and O–H groups in total. The third-order valence-electron chi connectivity index (χ3n) is 5.24. The average Bonchev–Trinajstić information content (AvgIpc) is 2.77. The number of ether oxygens (including phenoxy) is 2. The van der Waals surface area contributed by atoms with Crippen LogP contribution in [0.25, 0.3) is 11.0 Å². The first kappa shape index (κ1) is 21.9. The number of phenolic OH excluding ortho intramolecular Hbond substituents is 1. The van der Waals surface area contributed by atoms with Gasteiger partial charge in [0.1, 0.15) is 11.3 Å². The molecule has 1 heterocycles. The monoisotopic (exact) mass is 414 g/mol. The molecule has 30 heavy (non-hydrogen) atoms. The van der Waals surface area contributed by atoms with Crippen molar-refractivity contribution in [2.24, 2.45) is 4.99 Å². The third kappa shape index (κ3) is 5.42. The summed E-state index contributed by atoms with van der Waals surface area (Å²) in [6, 6.07) is 2.94. The number of rotatable bonds is 10. The lowest BCUT2D eigenvalue weighted by atomic mass is 10.0. The van der Waals surface area contributed by atoms with Crippen molar-refractivity contribution in [2.45, 2.75) is 38.5 Å². The van der Waals surface area contributed by atoms with Crippen LogP contribution in [0, 0.1) is 0 Å². The molecule has 1 aliphatic carbocycles. The van der Waals surface area contributed by atoms with Crippen LogP contribution in [-0.4, -0.2) is 44.7 Å². The van der Waals surface area contributed by atoms with Gasteiger partial charge < -0.3 is 24.3 Å². The summed E-state index contributed by atoms with van der Waals surface area (Å²) in [5, 5.41) is 13.6. The number of fused-ring (bicyclic) bond motifs is 1. The molecule has 1 aliphatic rings. The molecule has 0 saturated carbocycles. The fraction of sp³-hybridized carbons (Fsp3) is 0.478. The topological polar surface area (TPSA) is 93.3 Å². The number of unbranched alkanes of at least 4 members (excludes halogenated alkanes) is 1. The van der Waals surface area contributed by atoms with Crippen molar-refractivity contribution in [3.8, 4) is 11.5 Å². The first-order valence-electron chi connectivity index (χ1n) is 10.4. The first-order chi connectivity index (χ1) is 14.6. The Morgan fingerprint density at radius 1 is 1.20 bits per heavy atom. The van der Waals surface area contributed by atoms with Crippen LogP contribution < -0.4 is 15.5 Å². The van der Waals surface area contributed by atoms with Crippen LogP contribution in [0.4, 0.5) is 0 Å². The highest BCUT2D eigenvalue weighted by atomic mass is 16.5. The van der Waals surface area contributed by atoms with Crippen LogP contribution in [0.3, 0.4) is 0 Å². The molecule has 7 nitrogen and oxygen atoms in total. The van der Waals surface area contributed by atoms with Gasteiger partial charge in [0, 0.05) is 18.2 Å². The first-order valence-corrected chi connectivity index (χ1v) is 10.4. The van der Waals surface area contributed by atoms with Crippen LogP contribution in [-0.2, 0) is 11.2 Å². The Bertz CT molecular complexity index is 977. The molecule has 0 radical (unpaired) electrons. The second-order valence-electron chi connectivity index (χ2n) is 7.31. The molecule has 1 aromatic heterocycles. The number of nitrogens with zero attached hydrogens (tertiary/aromatic N) is 1. The fourth-order valence-electron chi connectivity index (χ4n) is 3.58. The molecule has 0 amide bonds. The standard InChI is InChI=1S/C23H30N2O5/c1-28-20-9-4-3-8-18(20)25-12-11-24-10-6-5-7-16-15-30-21-14-19(26)22(29-2)13-17(21)23(16)27/h9,13-15,24,26H,3-8,10-12H2,1-2H3. The maximum atomic E-state index is 12.7. The molecule has 1 aromatic carbocycles. The van der Waals surface area contributed by atoms with Crippen LogP contribution >= 0.6 is 0 Å². The van der Waals surface area contributed by atoms with Crippen LogP contribution in [0.2, 0.25) is 0 Å². The summed E-state index contributed by atoms with van der Waals surface area (Å²) < 4.78 is 16.0. The summed E-state index contributed by atoms with van der Waals surface area (Å²) in [6.07, 6.45) is 9.26. The largest absolute Gasteiger partial charge is 0.504 e. The van der Waals surface area contributed by atoms with Gasteiger partial charge >= 0.3 is 0 Å². The minimum absolute atomic E-state index is 0.0462. The van der Waals surface area contributed by atoms with Gasteiger partial charge in [-0.25, -0.2) is 0 Å². The van der Waals surface area contributed by atoms with E-state index in [0.29, 0.717) is 23.0 Å². The molecule has 0 fully saturated rings. The molecular weight excluding hydrogens is 384 g/mol. The van der Waals surface area contributed by atoms with E-state index in [4.69, 9.17) is 13.9 Å². The number of methoxy groups -OCH3 is 2. The minimum atomic E-state index is -0.0761. The van der Waals surface area contributed by atoms with Crippen molar-refractivity contribution >= 4 is 16.7 Å². The van der Waals surface area contributed by atoms with Crippen molar-refractivity contribution < 1.29 is 19.0 Å². The van der Waals surface area contributed by atoms with E-state index in [1.165, 1.54) is 25.5 Å². The molecule has 0 saturated heterocycles. The van der Waals surface area contributed by atoms with Crippen molar-refractivity contribution in [1.82, 2.24) is 5.32 Å². The Kier molecular flexibility index (Phi) is 7.90. The van der Waals surface area contributed by atoms with E-state index in [0.717, 1.165) is 63.2 Å². The summed E-state index contributed by atoms with van der Waals surface area (Å²) in [7, 11) is 3.15. The SMILES string of the molecule is COC1=CCCCC1=NCCNCCCCc1coc2cc(O)c(OC)cc2c1=O. The number of hydrogen-bond donors (Lipinski definition) is 2. The minimum Gasteiger partial charge on any atom is -0.504 e. The van der Waals surface area contributed by atoms with Gasteiger partial charge in [0.05, 0.1) is 38.1 Å². The number of phenols is 1. The maximum Gasteiger partial charge on any atom is 0.195 e. The van der Waals surface area contributed by atoms with Gasteiger partial charge in [-0.3, -0.25) is 9.79 Å². The lowest BCUT2D eigenvalue weighted by molar-refractivity contribution is 0.309. The fourth-order valence-corrected chi connectivity index (χ4v) is 3.58. The predicted molar refractivity (Wildman–Crippen MR) is 118 cm³/mol. The summed E-state index contributed by atoms with van der Waals surface area (Å²) >= 11 is 0. The summed E-state index contributed by atoms with van der Waals surface area (Å²) in [6.45, 7) is 2.43. The van der Waals surface area contributed by atoms with Crippen LogP contribution in [0.15, 0.2) is 44.4 Å². The van der Waals surface area contributed by atoms with E-state index in [1.807, 2.05) is 0 Å². The van der Waals surface area contributed by atoms with Gasteiger partial charge in [0.2, 0.25) is 0 Å². The third-order valence-corrected chi connectivity index (χ3v) is 5.24. The van der Waals surface area contributed by atoms with E-state index in [-0.39, 0.29) is 16.9 Å². The molecule has 2 aromatic rings. The molecule has 3 rings (SSSR count). The number of aromatic hydroxyl groups is 1. The Hall–Kier alpha value is -2.80. The molecule has 0 unspecified atom stereocenters. The molecule has 7 heteroatoms. The Morgan fingerprint density at radius 2 is 2.07 bits per heavy atom. The Morgan fingerprint density at radius 3 is 2.87 bits per heavy atom. The molecular formula is C23H30N2O5. The lowest BCUT2D eigenvalue weighted by Gasteiger charge is -2.14. The van der Waals surface area contributed by atoms with Gasteiger partial charge in [-0.15, -0.1) is 0 Å². The highest BCUT2D eigenvalue weighted by Crippen LogP contribution is 2.30. The smallest absolute Gasteiger partial charge is 0.195 e. The van der Waals surface area contributed by atoms with Crippen molar-refractivity contribution in [3.05, 3.63) is 46.0 Å². The summed E-state index contributed by atoms with van der Waals surface area (Å²) in [5.74, 6) is 1.14. The van der Waals surface area contributed by atoms with Gasteiger partial charge in [-0.05, 0) is 57.2 Å². The molecule has 0 aliphatic heterocycles. The average molecular weight is 415 g/mol. The number of nitrogens with one attached hydrogen (secondary N) is 1. The number of aryl methyl sites for hydroxylation is 1. The van der Waals surface area contributed by atoms with Crippen molar-refractivity contribution in [2.75, 3.05) is 33.9 Å². The molecule has 0 bridgehead atoms. The van der Waals surface area contributed by atoms with E-state index >= 15 is 0 Å². The van der Waals surface area contributed by atoms with E-state index in [9.17, 15) is 9.90 Å². The summed E-state index contributed by atoms with van der Waals surface area (Å²) in [5.41, 5.74) is 1.99. The van der Waals surface area contributed by atoms with Gasteiger partial charge in [0.15, 0.2) is 16.9 Å². The zero-order valence-corrected chi connectivity index (χ0v) is 17.7. The van der Waals surface area contributed by atoms with Crippen LogP contribution in [0.5, 0.6) is 11.5 Å². The second kappa shape index (κ2) is 10.8. The predicted octanol–water partition coefficient (Wildman–Crippen LogP) is 3.57. The second-order valence-corrected chi connectivity index (χ2v) is 7.31. The summed E-state index contributed by atoms with van der Waals surface area (Å²) in [4.78, 5) is 17.3. The molecule has 162 valence electrons. The van der Waals surface area contributed by atoms with Gasteiger partial charge in [-0.1, -0.05) is 0 Å². The highest BCUT2D eigenvalue weighted by molar-refractivity contribution is 5.99. The van der Waals surface area contributed by atoms with Gasteiger partial charge in [-0.2, -0.15) is 0 Å². The van der Waals surface area contributed by atoms with E-state index < -0.39 is 0 Å². The number of allylic oxidation sites excluding steroid dienone is 2. The number of benzene rings is 1. The Balaban J connectivity index is 1.42. The Labute approximate surface area is 176 Å². The highest BCUT2D eigenvalue weighted by Gasteiger charge is 2.12. The zero-order chi connectivity index (χ0) is 21.3. The number of aliphatic imine (C=N–C) groups is 1. The van der Waals surface area contributed by atoms with E-state index in [2.05, 4.69) is 16.4 Å². The zero-order valence-electron chi connectivity index (χ0n) is 17.7.